The molecule has 0 saturated heterocycles. The summed E-state index contributed by atoms with van der Waals surface area (Å²) in [5.74, 6) is -0.0681. The lowest BCUT2D eigenvalue weighted by Gasteiger charge is -2.28. The topological polar surface area (TPSA) is 64.3 Å². The van der Waals surface area contributed by atoms with Crippen LogP contribution in [0.2, 0.25) is 0 Å². The number of hydrogen-bond acceptors (Lipinski definition) is 3. The van der Waals surface area contributed by atoms with Gasteiger partial charge in [-0.1, -0.05) is 20.8 Å². The molecule has 1 fully saturated rings. The van der Waals surface area contributed by atoms with Gasteiger partial charge in [-0.3, -0.25) is 4.79 Å². The summed E-state index contributed by atoms with van der Waals surface area (Å²) in [7, 11) is 1.69. The van der Waals surface area contributed by atoms with Gasteiger partial charge in [-0.25, -0.2) is 0 Å². The smallest absolute Gasteiger partial charge is 0.237 e. The number of nitrogens with one attached hydrogen (secondary N) is 1. The highest BCUT2D eigenvalue weighted by molar-refractivity contribution is 5.82. The van der Waals surface area contributed by atoms with Gasteiger partial charge < -0.3 is 15.8 Å². The van der Waals surface area contributed by atoms with Crippen molar-refractivity contribution in [2.75, 3.05) is 7.11 Å². The van der Waals surface area contributed by atoms with Crippen LogP contribution in [0.15, 0.2) is 0 Å². The number of nitrogens with two attached hydrogens (primary N) is 1. The molecule has 1 saturated carbocycles. The summed E-state index contributed by atoms with van der Waals surface area (Å²) >= 11 is 0. The van der Waals surface area contributed by atoms with E-state index in [0.717, 1.165) is 19.3 Å². The largest absolute Gasteiger partial charge is 0.379 e. The maximum atomic E-state index is 11.9. The van der Waals surface area contributed by atoms with Gasteiger partial charge in [-0.2, -0.15) is 0 Å². The zero-order chi connectivity index (χ0) is 12.3. The molecule has 1 amide bonds. The highest BCUT2D eigenvalue weighted by Gasteiger charge is 2.33. The van der Waals surface area contributed by atoms with Crippen molar-refractivity contribution in [3.05, 3.63) is 0 Å². The first-order valence-electron chi connectivity index (χ1n) is 5.95. The molecule has 2 unspecified atom stereocenters. The van der Waals surface area contributed by atoms with E-state index in [9.17, 15) is 4.79 Å². The molecule has 4 heteroatoms. The van der Waals surface area contributed by atoms with E-state index >= 15 is 0 Å². The monoisotopic (exact) mass is 228 g/mol. The van der Waals surface area contributed by atoms with E-state index in [-0.39, 0.29) is 23.5 Å². The quantitative estimate of drug-likeness (QED) is 0.758. The lowest BCUT2D eigenvalue weighted by Crippen LogP contribution is -2.53. The molecule has 4 nitrogen and oxygen atoms in total. The average molecular weight is 228 g/mol. The van der Waals surface area contributed by atoms with Crippen LogP contribution in [0.4, 0.5) is 0 Å². The molecule has 0 aliphatic heterocycles. The van der Waals surface area contributed by atoms with Gasteiger partial charge in [0.05, 0.1) is 18.2 Å². The second-order valence-corrected chi connectivity index (χ2v) is 5.66. The predicted molar refractivity (Wildman–Crippen MR) is 64.0 cm³/mol. The summed E-state index contributed by atoms with van der Waals surface area (Å²) in [5.41, 5.74) is 5.70. The van der Waals surface area contributed by atoms with E-state index in [2.05, 4.69) is 5.32 Å². The Morgan fingerprint density at radius 3 is 2.56 bits per heavy atom. The molecule has 0 aromatic rings. The van der Waals surface area contributed by atoms with Crippen LogP contribution >= 0.6 is 0 Å². The Hall–Kier alpha value is -0.610. The van der Waals surface area contributed by atoms with Gasteiger partial charge >= 0.3 is 0 Å². The third-order valence-corrected chi connectivity index (χ3v) is 3.30. The molecule has 1 aliphatic rings. The number of carbonyl (C=O) groups is 1. The van der Waals surface area contributed by atoms with Crippen LogP contribution in [0.3, 0.4) is 0 Å². The van der Waals surface area contributed by atoms with E-state index in [4.69, 9.17) is 10.5 Å². The minimum absolute atomic E-state index is 0.0681. The van der Waals surface area contributed by atoms with Crippen LogP contribution in [-0.2, 0) is 9.53 Å². The van der Waals surface area contributed by atoms with Crippen molar-refractivity contribution in [1.82, 2.24) is 5.32 Å². The molecule has 0 radical (unpaired) electrons. The lowest BCUT2D eigenvalue weighted by molar-refractivity contribution is -0.126. The number of rotatable bonds is 3. The Kier molecular flexibility index (Phi) is 4.33. The normalized spacial score (nSPS) is 27.8. The predicted octanol–water partition coefficient (Wildman–Crippen LogP) is 1.04. The van der Waals surface area contributed by atoms with Gasteiger partial charge in [0.25, 0.3) is 0 Å². The summed E-state index contributed by atoms with van der Waals surface area (Å²) in [6, 6.07) is -0.337. The van der Waals surface area contributed by atoms with Crippen LogP contribution < -0.4 is 11.1 Å². The van der Waals surface area contributed by atoms with Crippen LogP contribution in [0.5, 0.6) is 0 Å². The Labute approximate surface area is 97.9 Å². The average Bonchev–Trinajstić information content (AvgIpc) is 2.62. The van der Waals surface area contributed by atoms with Crippen molar-refractivity contribution >= 4 is 5.91 Å². The molecule has 0 heterocycles. The molecule has 0 bridgehead atoms. The summed E-state index contributed by atoms with van der Waals surface area (Å²) in [5, 5.41) is 3.00. The minimum Gasteiger partial charge on any atom is -0.379 e. The van der Waals surface area contributed by atoms with E-state index < -0.39 is 6.04 Å². The lowest BCUT2D eigenvalue weighted by atomic mass is 9.87. The second kappa shape index (κ2) is 5.15. The molecule has 3 N–H and O–H groups in total. The van der Waals surface area contributed by atoms with Gasteiger partial charge in [-0.05, 0) is 24.7 Å². The van der Waals surface area contributed by atoms with Gasteiger partial charge in [0.2, 0.25) is 5.91 Å². The summed E-state index contributed by atoms with van der Waals surface area (Å²) in [6.07, 6.45) is 3.26. The molecule has 1 rings (SSSR count). The summed E-state index contributed by atoms with van der Waals surface area (Å²) < 4.78 is 5.33. The molecule has 0 spiro atoms. The Morgan fingerprint density at radius 1 is 1.44 bits per heavy atom. The van der Waals surface area contributed by atoms with Crippen LogP contribution in [-0.4, -0.2) is 31.2 Å². The highest BCUT2D eigenvalue weighted by Crippen LogP contribution is 2.23. The molecule has 0 aromatic carbocycles. The van der Waals surface area contributed by atoms with Crippen molar-refractivity contribution in [2.45, 2.75) is 58.2 Å². The van der Waals surface area contributed by atoms with Crippen molar-refractivity contribution < 1.29 is 9.53 Å². The number of hydrogen-bond donors (Lipinski definition) is 2. The zero-order valence-electron chi connectivity index (χ0n) is 10.7. The second-order valence-electron chi connectivity index (χ2n) is 5.66. The van der Waals surface area contributed by atoms with Gasteiger partial charge in [0.1, 0.15) is 0 Å². The van der Waals surface area contributed by atoms with E-state index in [1.807, 2.05) is 20.8 Å². The molecular formula is C12H24N2O2. The molecule has 16 heavy (non-hydrogen) atoms. The van der Waals surface area contributed by atoms with Gasteiger partial charge in [0.15, 0.2) is 0 Å². The molecule has 94 valence electrons. The first kappa shape index (κ1) is 13.5. The Morgan fingerprint density at radius 2 is 2.06 bits per heavy atom. The van der Waals surface area contributed by atoms with Crippen LogP contribution in [0, 0.1) is 5.41 Å². The van der Waals surface area contributed by atoms with E-state index in [0.29, 0.717) is 0 Å². The Bertz CT molecular complexity index is 248. The fourth-order valence-corrected chi connectivity index (χ4v) is 2.04. The summed E-state index contributed by atoms with van der Waals surface area (Å²) in [6.45, 7) is 5.92. The SMILES string of the molecule is COC1CCCC1NC(=O)[C@H](N)C(C)(C)C. The first-order chi connectivity index (χ1) is 7.36. The number of ether oxygens (including phenoxy) is 1. The van der Waals surface area contributed by atoms with Crippen LogP contribution in [0.1, 0.15) is 40.0 Å². The van der Waals surface area contributed by atoms with Crippen molar-refractivity contribution in [1.29, 1.82) is 0 Å². The fraction of sp³-hybridized carbons (Fsp3) is 0.917. The first-order valence-corrected chi connectivity index (χ1v) is 5.95. The molecule has 3 atom stereocenters. The third-order valence-electron chi connectivity index (χ3n) is 3.30. The number of amides is 1. The number of methoxy groups -OCH3 is 1. The molecule has 1 aliphatic carbocycles. The van der Waals surface area contributed by atoms with E-state index in [1.54, 1.807) is 7.11 Å². The minimum atomic E-state index is -0.467. The molecular weight excluding hydrogens is 204 g/mol. The molecule has 0 aromatic heterocycles. The highest BCUT2D eigenvalue weighted by atomic mass is 16.5. The van der Waals surface area contributed by atoms with Crippen LogP contribution in [0.25, 0.3) is 0 Å². The number of carbonyl (C=O) groups excluding carboxylic acids is 1. The standard InChI is InChI=1S/C12H24N2O2/c1-12(2,3)10(13)11(15)14-8-6-5-7-9(8)16-4/h8-10H,5-7,13H2,1-4H3,(H,14,15)/t8?,9?,10-/m0/s1. The zero-order valence-corrected chi connectivity index (χ0v) is 10.7. The maximum absolute atomic E-state index is 11.9. The van der Waals surface area contributed by atoms with Crippen molar-refractivity contribution in [2.24, 2.45) is 11.1 Å². The van der Waals surface area contributed by atoms with E-state index in [1.165, 1.54) is 0 Å². The Balaban J connectivity index is 2.51. The van der Waals surface area contributed by atoms with Crippen molar-refractivity contribution in [3.63, 3.8) is 0 Å². The third kappa shape index (κ3) is 3.19. The van der Waals surface area contributed by atoms with Gasteiger partial charge in [0, 0.05) is 7.11 Å². The fourth-order valence-electron chi connectivity index (χ4n) is 2.04. The maximum Gasteiger partial charge on any atom is 0.237 e. The summed E-state index contributed by atoms with van der Waals surface area (Å²) in [4.78, 5) is 11.9. The van der Waals surface area contributed by atoms with Crippen molar-refractivity contribution in [3.8, 4) is 0 Å². The van der Waals surface area contributed by atoms with Gasteiger partial charge in [-0.15, -0.1) is 0 Å².